The molecule has 0 bridgehead atoms. The van der Waals surface area contributed by atoms with Gasteiger partial charge in [0.2, 0.25) is 0 Å². The van der Waals surface area contributed by atoms with Gasteiger partial charge in [-0.15, -0.1) is 0 Å². The zero-order chi connectivity index (χ0) is 13.3. The van der Waals surface area contributed by atoms with Crippen LogP contribution in [0.3, 0.4) is 0 Å². The molecule has 4 heteroatoms. The molecular formula is C14H16N2O2. The van der Waals surface area contributed by atoms with Gasteiger partial charge in [-0.1, -0.05) is 6.07 Å². The van der Waals surface area contributed by atoms with Crippen LogP contribution < -0.4 is 0 Å². The summed E-state index contributed by atoms with van der Waals surface area (Å²) >= 11 is 0. The Labute approximate surface area is 106 Å². The molecule has 0 aliphatic carbocycles. The monoisotopic (exact) mass is 244 g/mol. The Morgan fingerprint density at radius 1 is 1.22 bits per heavy atom. The Morgan fingerprint density at radius 2 is 1.94 bits per heavy atom. The molecule has 2 aromatic rings. The predicted octanol–water partition coefficient (Wildman–Crippen LogP) is 2.39. The van der Waals surface area contributed by atoms with E-state index in [1.807, 2.05) is 6.07 Å². The molecule has 18 heavy (non-hydrogen) atoms. The van der Waals surface area contributed by atoms with Crippen molar-refractivity contribution in [3.63, 3.8) is 0 Å². The van der Waals surface area contributed by atoms with Gasteiger partial charge >= 0.3 is 0 Å². The highest BCUT2D eigenvalue weighted by molar-refractivity contribution is 5.63. The van der Waals surface area contributed by atoms with Gasteiger partial charge in [0.25, 0.3) is 0 Å². The number of aromatic hydroxyl groups is 1. The summed E-state index contributed by atoms with van der Waals surface area (Å²) in [5, 5.41) is 20.0. The molecule has 0 radical (unpaired) electrons. The highest BCUT2D eigenvalue weighted by Crippen LogP contribution is 2.32. The smallest absolute Gasteiger partial charge is 0.143 e. The summed E-state index contributed by atoms with van der Waals surface area (Å²) in [6.07, 6.45) is 1.65. The molecule has 2 heterocycles. The summed E-state index contributed by atoms with van der Waals surface area (Å²) in [6.45, 7) is 5.13. The summed E-state index contributed by atoms with van der Waals surface area (Å²) < 4.78 is 0. The number of aromatic nitrogens is 2. The van der Waals surface area contributed by atoms with E-state index in [0.29, 0.717) is 22.6 Å². The van der Waals surface area contributed by atoms with Crippen LogP contribution in [0.25, 0.3) is 11.4 Å². The van der Waals surface area contributed by atoms with Gasteiger partial charge in [0.15, 0.2) is 0 Å². The number of hydrogen-bond acceptors (Lipinski definition) is 4. The van der Waals surface area contributed by atoms with Gasteiger partial charge in [0.05, 0.1) is 11.3 Å². The van der Waals surface area contributed by atoms with Crippen molar-refractivity contribution < 1.29 is 10.2 Å². The molecule has 0 fully saturated rings. The molecule has 94 valence electrons. The molecule has 0 aromatic carbocycles. The lowest BCUT2D eigenvalue weighted by molar-refractivity contribution is 0.0772. The third-order valence-electron chi connectivity index (χ3n) is 2.76. The minimum Gasteiger partial charge on any atom is -0.506 e. The molecule has 2 aromatic heterocycles. The van der Waals surface area contributed by atoms with Gasteiger partial charge in [-0.25, -0.2) is 4.98 Å². The molecule has 0 spiro atoms. The van der Waals surface area contributed by atoms with Crippen LogP contribution in [0.5, 0.6) is 5.75 Å². The van der Waals surface area contributed by atoms with Crippen molar-refractivity contribution in [2.45, 2.75) is 26.4 Å². The van der Waals surface area contributed by atoms with Crippen LogP contribution in [0.4, 0.5) is 0 Å². The van der Waals surface area contributed by atoms with Crippen molar-refractivity contribution in [2.75, 3.05) is 0 Å². The number of pyridine rings is 2. The van der Waals surface area contributed by atoms with Crippen LogP contribution in [0, 0.1) is 6.92 Å². The highest BCUT2D eigenvalue weighted by atomic mass is 16.3. The molecule has 0 aliphatic rings. The summed E-state index contributed by atoms with van der Waals surface area (Å²) in [5.41, 5.74) is 1.30. The maximum Gasteiger partial charge on any atom is 0.143 e. The first-order chi connectivity index (χ1) is 8.39. The Morgan fingerprint density at radius 3 is 2.50 bits per heavy atom. The van der Waals surface area contributed by atoms with Crippen molar-refractivity contribution >= 4 is 0 Å². The van der Waals surface area contributed by atoms with Crippen LogP contribution in [0.1, 0.15) is 25.1 Å². The second-order valence-corrected chi connectivity index (χ2v) is 4.76. The second kappa shape index (κ2) is 4.38. The maximum absolute atomic E-state index is 10.0. The number of aliphatic hydroxyl groups is 1. The van der Waals surface area contributed by atoms with E-state index in [4.69, 9.17) is 0 Å². The fraction of sp³-hybridized carbons (Fsp3) is 0.286. The first-order valence-electron chi connectivity index (χ1n) is 5.74. The highest BCUT2D eigenvalue weighted by Gasteiger charge is 2.22. The lowest BCUT2D eigenvalue weighted by Gasteiger charge is -2.20. The van der Waals surface area contributed by atoms with E-state index in [1.54, 1.807) is 45.2 Å². The minimum absolute atomic E-state index is 0.0245. The van der Waals surface area contributed by atoms with E-state index in [-0.39, 0.29) is 5.75 Å². The lowest BCUT2D eigenvalue weighted by Crippen LogP contribution is -2.18. The van der Waals surface area contributed by atoms with Gasteiger partial charge in [-0.3, -0.25) is 4.98 Å². The summed E-state index contributed by atoms with van der Waals surface area (Å²) in [7, 11) is 0. The Hall–Kier alpha value is -1.94. The number of nitrogens with zero attached hydrogens (tertiary/aromatic N) is 2. The van der Waals surface area contributed by atoms with Crippen LogP contribution in [-0.4, -0.2) is 20.2 Å². The molecule has 0 aliphatic heterocycles. The van der Waals surface area contributed by atoms with Gasteiger partial charge in [0, 0.05) is 17.5 Å². The predicted molar refractivity (Wildman–Crippen MR) is 69.1 cm³/mol. The Bertz CT molecular complexity index is 560. The SMILES string of the molecule is Cc1nc(-c2ccccn2)c(O)cc1C(C)(C)O. The zero-order valence-corrected chi connectivity index (χ0v) is 10.7. The molecule has 0 atom stereocenters. The van der Waals surface area contributed by atoms with Crippen molar-refractivity contribution in [3.05, 3.63) is 41.7 Å². The van der Waals surface area contributed by atoms with E-state index >= 15 is 0 Å². The number of hydrogen-bond donors (Lipinski definition) is 2. The minimum atomic E-state index is -1.03. The third-order valence-corrected chi connectivity index (χ3v) is 2.76. The van der Waals surface area contributed by atoms with Gasteiger partial charge in [-0.05, 0) is 39.0 Å². The molecule has 0 amide bonds. The Kier molecular flexibility index (Phi) is 3.05. The first-order valence-corrected chi connectivity index (χ1v) is 5.74. The molecule has 0 saturated heterocycles. The Balaban J connectivity index is 2.57. The number of aryl methyl sites for hydroxylation is 1. The molecule has 0 unspecified atom stereocenters. The van der Waals surface area contributed by atoms with Crippen LogP contribution in [0.2, 0.25) is 0 Å². The van der Waals surface area contributed by atoms with E-state index in [2.05, 4.69) is 9.97 Å². The molecule has 0 saturated carbocycles. The van der Waals surface area contributed by atoms with Gasteiger partial charge in [0.1, 0.15) is 11.4 Å². The molecule has 4 nitrogen and oxygen atoms in total. The molecular weight excluding hydrogens is 228 g/mol. The topological polar surface area (TPSA) is 66.2 Å². The first kappa shape index (κ1) is 12.5. The lowest BCUT2D eigenvalue weighted by atomic mass is 9.96. The standard InChI is InChI=1S/C14H16N2O2/c1-9-10(14(2,3)18)8-12(17)13(16-9)11-6-4-5-7-15-11/h4-8,17-18H,1-3H3. The number of rotatable bonds is 2. The largest absolute Gasteiger partial charge is 0.506 e. The maximum atomic E-state index is 10.0. The second-order valence-electron chi connectivity index (χ2n) is 4.76. The van der Waals surface area contributed by atoms with Crippen LogP contribution in [-0.2, 0) is 5.60 Å². The summed E-state index contributed by atoms with van der Waals surface area (Å²) in [6, 6.07) is 6.97. The van der Waals surface area contributed by atoms with Crippen molar-refractivity contribution in [1.82, 2.24) is 9.97 Å². The normalized spacial score (nSPS) is 11.6. The van der Waals surface area contributed by atoms with Crippen molar-refractivity contribution in [3.8, 4) is 17.1 Å². The summed E-state index contributed by atoms with van der Waals surface area (Å²) in [4.78, 5) is 8.49. The summed E-state index contributed by atoms with van der Waals surface area (Å²) in [5.74, 6) is 0.0245. The van der Waals surface area contributed by atoms with E-state index in [1.165, 1.54) is 0 Å². The fourth-order valence-corrected chi connectivity index (χ4v) is 1.91. The average molecular weight is 244 g/mol. The van der Waals surface area contributed by atoms with E-state index < -0.39 is 5.60 Å². The quantitative estimate of drug-likeness (QED) is 0.851. The third kappa shape index (κ3) is 2.33. The molecule has 2 rings (SSSR count). The van der Waals surface area contributed by atoms with E-state index in [9.17, 15) is 10.2 Å². The molecule has 2 N–H and O–H groups in total. The average Bonchev–Trinajstić information content (AvgIpc) is 2.31. The van der Waals surface area contributed by atoms with Crippen LogP contribution >= 0.6 is 0 Å². The van der Waals surface area contributed by atoms with Gasteiger partial charge < -0.3 is 10.2 Å². The zero-order valence-electron chi connectivity index (χ0n) is 10.7. The van der Waals surface area contributed by atoms with Crippen LogP contribution in [0.15, 0.2) is 30.5 Å². The van der Waals surface area contributed by atoms with Crippen molar-refractivity contribution in [2.24, 2.45) is 0 Å². The van der Waals surface area contributed by atoms with Gasteiger partial charge in [-0.2, -0.15) is 0 Å². The fourth-order valence-electron chi connectivity index (χ4n) is 1.91. The van der Waals surface area contributed by atoms with Crippen molar-refractivity contribution in [1.29, 1.82) is 0 Å². The van der Waals surface area contributed by atoms with E-state index in [0.717, 1.165) is 0 Å².